The van der Waals surface area contributed by atoms with Gasteiger partial charge in [-0.2, -0.15) is 0 Å². The molecule has 0 saturated heterocycles. The van der Waals surface area contributed by atoms with E-state index in [1.807, 2.05) is 51.1 Å². The first-order chi connectivity index (χ1) is 12.0. The van der Waals surface area contributed by atoms with E-state index in [9.17, 15) is 9.18 Å². The van der Waals surface area contributed by atoms with E-state index >= 15 is 0 Å². The van der Waals surface area contributed by atoms with Crippen molar-refractivity contribution in [2.45, 2.75) is 39.8 Å². The minimum atomic E-state index is -0.420. The number of hydrogen-bond acceptors (Lipinski definition) is 2. The van der Waals surface area contributed by atoms with E-state index in [2.05, 4.69) is 5.32 Å². The number of anilines is 1. The van der Waals surface area contributed by atoms with Crippen LogP contribution in [0.1, 0.15) is 32.8 Å². The average molecular weight is 344 g/mol. The fourth-order valence-corrected chi connectivity index (χ4v) is 2.48. The van der Waals surface area contributed by atoms with Crippen molar-refractivity contribution in [3.63, 3.8) is 0 Å². The number of rotatable bonds is 7. The molecule has 2 amide bonds. The molecule has 2 aromatic carbocycles. The molecule has 0 heterocycles. The molecule has 0 fully saturated rings. The number of halogens is 1. The number of hydrogen-bond donors (Lipinski definition) is 1. The summed E-state index contributed by atoms with van der Waals surface area (Å²) >= 11 is 0. The summed E-state index contributed by atoms with van der Waals surface area (Å²) in [6.45, 7) is 6.88. The lowest BCUT2D eigenvalue weighted by Gasteiger charge is -2.24. The number of carbonyl (C=O) groups excluding carboxylic acids is 1. The number of urea groups is 1. The first kappa shape index (κ1) is 18.8. The van der Waals surface area contributed by atoms with Crippen LogP contribution in [0.2, 0.25) is 0 Å². The molecule has 0 saturated carbocycles. The van der Waals surface area contributed by atoms with Crippen molar-refractivity contribution in [2.24, 2.45) is 0 Å². The van der Waals surface area contributed by atoms with Gasteiger partial charge in [-0.25, -0.2) is 9.18 Å². The van der Waals surface area contributed by atoms with Gasteiger partial charge in [0.2, 0.25) is 0 Å². The number of ether oxygens (including phenoxy) is 1. The molecular weight excluding hydrogens is 319 g/mol. The highest BCUT2D eigenvalue weighted by molar-refractivity contribution is 5.91. The predicted molar refractivity (Wildman–Crippen MR) is 98.3 cm³/mol. The second-order valence-electron chi connectivity index (χ2n) is 6.14. The van der Waals surface area contributed by atoms with Gasteiger partial charge in [0.05, 0.1) is 11.8 Å². The third-order valence-electron chi connectivity index (χ3n) is 3.54. The zero-order valence-corrected chi connectivity index (χ0v) is 15.0. The van der Waals surface area contributed by atoms with Gasteiger partial charge >= 0.3 is 6.03 Å². The van der Waals surface area contributed by atoms with Crippen molar-refractivity contribution in [3.05, 3.63) is 59.9 Å². The van der Waals surface area contributed by atoms with Crippen LogP contribution in [0.15, 0.2) is 48.5 Å². The number of nitrogens with one attached hydrogen (secondary N) is 1. The lowest BCUT2D eigenvalue weighted by atomic mass is 10.2. The van der Waals surface area contributed by atoms with E-state index < -0.39 is 5.82 Å². The topological polar surface area (TPSA) is 41.6 Å². The van der Waals surface area contributed by atoms with Crippen LogP contribution in [0, 0.1) is 5.82 Å². The molecule has 0 aliphatic heterocycles. The van der Waals surface area contributed by atoms with Crippen molar-refractivity contribution < 1.29 is 13.9 Å². The minimum Gasteiger partial charge on any atom is -0.489 e. The Hall–Kier alpha value is -2.56. The van der Waals surface area contributed by atoms with Gasteiger partial charge < -0.3 is 15.0 Å². The lowest BCUT2D eigenvalue weighted by Crippen LogP contribution is -2.35. The van der Waals surface area contributed by atoms with Crippen LogP contribution >= 0.6 is 0 Å². The van der Waals surface area contributed by atoms with Crippen LogP contribution in [0.4, 0.5) is 14.9 Å². The Labute approximate surface area is 148 Å². The maximum atomic E-state index is 13.6. The summed E-state index contributed by atoms with van der Waals surface area (Å²) in [6, 6.07) is 13.6. The van der Waals surface area contributed by atoms with Crippen molar-refractivity contribution in [3.8, 4) is 5.75 Å². The van der Waals surface area contributed by atoms with Gasteiger partial charge in [0.15, 0.2) is 0 Å². The molecule has 0 unspecified atom stereocenters. The normalized spacial score (nSPS) is 10.6. The molecule has 0 bridgehead atoms. The van der Waals surface area contributed by atoms with Gasteiger partial charge in [0.25, 0.3) is 0 Å². The van der Waals surface area contributed by atoms with Crippen LogP contribution in [0.5, 0.6) is 5.75 Å². The molecule has 5 heteroatoms. The van der Waals surface area contributed by atoms with E-state index in [0.717, 1.165) is 12.0 Å². The zero-order valence-electron chi connectivity index (χ0n) is 15.0. The third kappa shape index (κ3) is 5.78. The lowest BCUT2D eigenvalue weighted by molar-refractivity contribution is 0.208. The van der Waals surface area contributed by atoms with Gasteiger partial charge in [0, 0.05) is 19.2 Å². The first-order valence-electron chi connectivity index (χ1n) is 8.55. The highest BCUT2D eigenvalue weighted by Crippen LogP contribution is 2.27. The molecule has 0 atom stereocenters. The van der Waals surface area contributed by atoms with E-state index in [1.54, 1.807) is 4.90 Å². The first-order valence-corrected chi connectivity index (χ1v) is 8.55. The SMILES string of the molecule is CCCN(Cc1ccccc1)C(=O)Nc1cc(F)ccc1OC(C)C. The molecule has 0 spiro atoms. The maximum Gasteiger partial charge on any atom is 0.322 e. The molecule has 134 valence electrons. The fourth-order valence-electron chi connectivity index (χ4n) is 2.48. The molecule has 0 aliphatic carbocycles. The summed E-state index contributed by atoms with van der Waals surface area (Å²) in [7, 11) is 0. The molecule has 0 aromatic heterocycles. The number of amides is 2. The van der Waals surface area contributed by atoms with Crippen LogP contribution in [-0.4, -0.2) is 23.6 Å². The maximum absolute atomic E-state index is 13.6. The van der Waals surface area contributed by atoms with E-state index in [4.69, 9.17) is 4.74 Å². The molecule has 25 heavy (non-hydrogen) atoms. The van der Waals surface area contributed by atoms with Crippen LogP contribution in [0.3, 0.4) is 0 Å². The second kappa shape index (κ2) is 9.06. The van der Waals surface area contributed by atoms with Crippen LogP contribution in [0.25, 0.3) is 0 Å². The fraction of sp³-hybridized carbons (Fsp3) is 0.350. The largest absolute Gasteiger partial charge is 0.489 e. The van der Waals surface area contributed by atoms with Gasteiger partial charge in [-0.1, -0.05) is 37.3 Å². The summed E-state index contributed by atoms with van der Waals surface area (Å²) in [5.41, 5.74) is 1.39. The molecule has 4 nitrogen and oxygen atoms in total. The van der Waals surface area contributed by atoms with Crippen molar-refractivity contribution >= 4 is 11.7 Å². The van der Waals surface area contributed by atoms with Crippen molar-refractivity contribution in [1.82, 2.24) is 4.90 Å². The van der Waals surface area contributed by atoms with Crippen molar-refractivity contribution in [2.75, 3.05) is 11.9 Å². The summed E-state index contributed by atoms with van der Waals surface area (Å²) < 4.78 is 19.3. The molecule has 0 radical (unpaired) electrons. The number of benzene rings is 2. The Kier molecular flexibility index (Phi) is 6.81. The van der Waals surface area contributed by atoms with Gasteiger partial charge in [-0.05, 0) is 38.0 Å². The van der Waals surface area contributed by atoms with E-state index in [-0.39, 0.29) is 12.1 Å². The van der Waals surface area contributed by atoms with Gasteiger partial charge in [0.1, 0.15) is 11.6 Å². The number of carbonyl (C=O) groups is 1. The highest BCUT2D eigenvalue weighted by atomic mass is 19.1. The Balaban J connectivity index is 2.16. The second-order valence-corrected chi connectivity index (χ2v) is 6.14. The summed E-state index contributed by atoms with van der Waals surface area (Å²) in [5.74, 6) is 0.0393. The zero-order chi connectivity index (χ0) is 18.2. The van der Waals surface area contributed by atoms with Crippen LogP contribution in [-0.2, 0) is 6.54 Å². The van der Waals surface area contributed by atoms with Crippen molar-refractivity contribution in [1.29, 1.82) is 0 Å². The quantitative estimate of drug-likeness (QED) is 0.763. The molecule has 0 aliphatic rings. The summed E-state index contributed by atoms with van der Waals surface area (Å²) in [5, 5.41) is 2.78. The van der Waals surface area contributed by atoms with Gasteiger partial charge in [-0.15, -0.1) is 0 Å². The average Bonchev–Trinajstić information content (AvgIpc) is 2.57. The Morgan fingerprint density at radius 3 is 2.56 bits per heavy atom. The molecule has 2 rings (SSSR count). The smallest absolute Gasteiger partial charge is 0.322 e. The summed E-state index contributed by atoms with van der Waals surface area (Å²) in [4.78, 5) is 14.4. The Morgan fingerprint density at radius 2 is 1.92 bits per heavy atom. The van der Waals surface area contributed by atoms with Gasteiger partial charge in [-0.3, -0.25) is 0 Å². The Morgan fingerprint density at radius 1 is 1.20 bits per heavy atom. The minimum absolute atomic E-state index is 0.0721. The highest BCUT2D eigenvalue weighted by Gasteiger charge is 2.16. The molecular formula is C20H25FN2O2. The van der Waals surface area contributed by atoms with E-state index in [1.165, 1.54) is 18.2 Å². The standard InChI is InChI=1S/C20H25FN2O2/c1-4-12-23(14-16-8-6-5-7-9-16)20(24)22-18-13-17(21)10-11-19(18)25-15(2)3/h5-11,13,15H,4,12,14H2,1-3H3,(H,22,24). The summed E-state index contributed by atoms with van der Waals surface area (Å²) in [6.07, 6.45) is 0.760. The monoisotopic (exact) mass is 344 g/mol. The molecule has 1 N–H and O–H groups in total. The Bertz CT molecular complexity index is 689. The predicted octanol–water partition coefficient (Wildman–Crippen LogP) is 5.06. The molecule has 2 aromatic rings. The third-order valence-corrected chi connectivity index (χ3v) is 3.54. The number of nitrogens with zero attached hydrogens (tertiary/aromatic N) is 1. The van der Waals surface area contributed by atoms with E-state index in [0.29, 0.717) is 24.5 Å². The van der Waals surface area contributed by atoms with Crippen LogP contribution < -0.4 is 10.1 Å².